The van der Waals surface area contributed by atoms with E-state index in [0.29, 0.717) is 22.8 Å². The lowest BCUT2D eigenvalue weighted by Crippen LogP contribution is -2.41. The SMILES string of the molecule is O=S1(=O)CCN(c2nc(-c3ccnc4[nH]c(C(F)(F)F)cc34)nc3cncc(C4CC4)c23)CC1. The van der Waals surface area contributed by atoms with Gasteiger partial charge >= 0.3 is 6.18 Å². The van der Waals surface area contributed by atoms with Gasteiger partial charge in [-0.25, -0.2) is 23.4 Å². The van der Waals surface area contributed by atoms with Crippen LogP contribution in [0.3, 0.4) is 0 Å². The molecule has 0 aromatic carbocycles. The van der Waals surface area contributed by atoms with Crippen LogP contribution in [0.1, 0.15) is 30.0 Å². The molecule has 12 heteroatoms. The molecule has 4 aromatic rings. The van der Waals surface area contributed by atoms with Gasteiger partial charge in [-0.1, -0.05) is 0 Å². The maximum absolute atomic E-state index is 13.3. The highest BCUT2D eigenvalue weighted by atomic mass is 32.2. The molecule has 2 fully saturated rings. The van der Waals surface area contributed by atoms with Crippen molar-refractivity contribution in [3.8, 4) is 11.4 Å². The number of hydrogen-bond donors (Lipinski definition) is 1. The molecule has 0 bridgehead atoms. The Balaban J connectivity index is 1.57. The summed E-state index contributed by atoms with van der Waals surface area (Å²) in [6, 6.07) is 2.59. The summed E-state index contributed by atoms with van der Waals surface area (Å²) in [5.74, 6) is 1.22. The molecule has 34 heavy (non-hydrogen) atoms. The number of alkyl halides is 3. The number of aromatic nitrogens is 5. The molecule has 0 atom stereocenters. The van der Waals surface area contributed by atoms with E-state index in [-0.39, 0.29) is 41.5 Å². The summed E-state index contributed by atoms with van der Waals surface area (Å²) in [7, 11) is -3.11. The van der Waals surface area contributed by atoms with Crippen molar-refractivity contribution in [3.63, 3.8) is 0 Å². The molecule has 1 N–H and O–H groups in total. The van der Waals surface area contributed by atoms with Crippen LogP contribution in [0.4, 0.5) is 19.0 Å². The summed E-state index contributed by atoms with van der Waals surface area (Å²) < 4.78 is 64.0. The topological polar surface area (TPSA) is 105 Å². The average Bonchev–Trinajstić information content (AvgIpc) is 3.54. The first-order chi connectivity index (χ1) is 16.2. The fourth-order valence-electron chi connectivity index (χ4n) is 4.44. The Kier molecular flexibility index (Phi) is 4.60. The van der Waals surface area contributed by atoms with E-state index in [2.05, 4.69) is 19.9 Å². The first-order valence-corrected chi connectivity index (χ1v) is 12.7. The highest BCUT2D eigenvalue weighted by Gasteiger charge is 2.34. The van der Waals surface area contributed by atoms with Crippen molar-refractivity contribution in [2.75, 3.05) is 29.5 Å². The molecule has 8 nitrogen and oxygen atoms in total. The second-order valence-corrected chi connectivity index (χ2v) is 11.0. The number of aromatic amines is 1. The van der Waals surface area contributed by atoms with Crippen LogP contribution >= 0.6 is 0 Å². The quantitative estimate of drug-likeness (QED) is 0.469. The Morgan fingerprint density at radius 2 is 1.85 bits per heavy atom. The van der Waals surface area contributed by atoms with Crippen molar-refractivity contribution < 1.29 is 21.6 Å². The van der Waals surface area contributed by atoms with E-state index in [1.807, 2.05) is 4.90 Å². The van der Waals surface area contributed by atoms with Crippen LogP contribution in [0.25, 0.3) is 33.3 Å². The molecule has 176 valence electrons. The second kappa shape index (κ2) is 7.36. The zero-order valence-electron chi connectivity index (χ0n) is 17.8. The van der Waals surface area contributed by atoms with Crippen molar-refractivity contribution in [1.82, 2.24) is 24.9 Å². The monoisotopic (exact) mass is 488 g/mol. The molecule has 0 radical (unpaired) electrons. The standard InChI is InChI=1S/C22H19F3N6O2S/c23-22(24,25)17-9-14-13(3-4-27-19(14)29-17)20-28-16-11-26-10-15(12-1-2-12)18(16)21(30-20)31-5-7-34(32,33)8-6-31/h3-4,9-12H,1-2,5-8H2,(H,27,29). The van der Waals surface area contributed by atoms with E-state index < -0.39 is 21.7 Å². The molecular weight excluding hydrogens is 469 g/mol. The fraction of sp³-hybridized carbons (Fsp3) is 0.364. The van der Waals surface area contributed by atoms with Crippen LogP contribution in [-0.4, -0.2) is 57.9 Å². The smallest absolute Gasteiger partial charge is 0.354 e. The predicted molar refractivity (Wildman–Crippen MR) is 120 cm³/mol. The van der Waals surface area contributed by atoms with E-state index >= 15 is 0 Å². The third-order valence-electron chi connectivity index (χ3n) is 6.36. The Labute approximate surface area is 192 Å². The van der Waals surface area contributed by atoms with E-state index in [9.17, 15) is 21.6 Å². The lowest BCUT2D eigenvalue weighted by atomic mass is 10.1. The van der Waals surface area contributed by atoms with Crippen LogP contribution in [-0.2, 0) is 16.0 Å². The van der Waals surface area contributed by atoms with Crippen molar-refractivity contribution in [2.24, 2.45) is 0 Å². The summed E-state index contributed by atoms with van der Waals surface area (Å²) >= 11 is 0. The average molecular weight is 488 g/mol. The molecule has 6 rings (SSSR count). The Morgan fingerprint density at radius 3 is 2.56 bits per heavy atom. The van der Waals surface area contributed by atoms with E-state index in [0.717, 1.165) is 29.9 Å². The van der Waals surface area contributed by atoms with Gasteiger partial charge in [-0.15, -0.1) is 0 Å². The fourth-order valence-corrected chi connectivity index (χ4v) is 5.64. The molecule has 0 unspecified atom stereocenters. The van der Waals surface area contributed by atoms with Gasteiger partial charge in [0.15, 0.2) is 15.7 Å². The van der Waals surface area contributed by atoms with Gasteiger partial charge in [0.2, 0.25) is 0 Å². The number of rotatable bonds is 3. The highest BCUT2D eigenvalue weighted by molar-refractivity contribution is 7.91. The first kappa shape index (κ1) is 21.3. The minimum Gasteiger partial charge on any atom is -0.354 e. The van der Waals surface area contributed by atoms with Gasteiger partial charge in [0.1, 0.15) is 17.2 Å². The number of halogens is 3. The summed E-state index contributed by atoms with van der Waals surface area (Å²) in [6.45, 7) is 0.572. The zero-order chi connectivity index (χ0) is 23.7. The largest absolute Gasteiger partial charge is 0.431 e. The number of sulfone groups is 1. The maximum Gasteiger partial charge on any atom is 0.431 e. The number of nitrogens with zero attached hydrogens (tertiary/aromatic N) is 5. The minimum absolute atomic E-state index is 0.0178. The number of hydrogen-bond acceptors (Lipinski definition) is 7. The summed E-state index contributed by atoms with van der Waals surface area (Å²) in [6.07, 6.45) is 2.35. The molecule has 0 amide bonds. The predicted octanol–water partition coefficient (Wildman–Crippen LogP) is 3.70. The van der Waals surface area contributed by atoms with Gasteiger partial charge < -0.3 is 9.88 Å². The third kappa shape index (κ3) is 3.65. The Bertz CT molecular complexity index is 1530. The van der Waals surface area contributed by atoms with Crippen LogP contribution in [0, 0.1) is 0 Å². The van der Waals surface area contributed by atoms with Crippen LogP contribution in [0.15, 0.2) is 30.7 Å². The molecule has 1 aliphatic carbocycles. The number of H-pyrrole nitrogens is 1. The van der Waals surface area contributed by atoms with Crippen molar-refractivity contribution in [1.29, 1.82) is 0 Å². The van der Waals surface area contributed by atoms with Crippen molar-refractivity contribution in [3.05, 3.63) is 42.0 Å². The second-order valence-electron chi connectivity index (χ2n) is 8.71. The van der Waals surface area contributed by atoms with Crippen molar-refractivity contribution in [2.45, 2.75) is 24.9 Å². The minimum atomic E-state index is -4.55. The van der Waals surface area contributed by atoms with E-state index in [4.69, 9.17) is 4.98 Å². The molecule has 2 aliphatic rings. The lowest BCUT2D eigenvalue weighted by molar-refractivity contribution is -0.140. The van der Waals surface area contributed by atoms with Gasteiger partial charge in [0.25, 0.3) is 0 Å². The maximum atomic E-state index is 13.3. The van der Waals surface area contributed by atoms with Crippen LogP contribution in [0.5, 0.6) is 0 Å². The van der Waals surface area contributed by atoms with Gasteiger partial charge in [-0.05, 0) is 36.5 Å². The molecule has 4 aromatic heterocycles. The van der Waals surface area contributed by atoms with Gasteiger partial charge in [-0.3, -0.25) is 4.98 Å². The summed E-state index contributed by atoms with van der Waals surface area (Å²) in [5.41, 5.74) is 1.19. The number of pyridine rings is 2. The molecule has 1 saturated heterocycles. The van der Waals surface area contributed by atoms with E-state index in [1.165, 1.54) is 6.20 Å². The molecule has 0 spiro atoms. The summed E-state index contributed by atoms with van der Waals surface area (Å²) in [4.78, 5) is 22.1. The number of anilines is 1. The first-order valence-electron chi connectivity index (χ1n) is 10.9. The molecule has 1 aliphatic heterocycles. The molecular formula is C22H19F3N6O2S. The van der Waals surface area contributed by atoms with Crippen LogP contribution in [0.2, 0.25) is 0 Å². The van der Waals surface area contributed by atoms with Crippen LogP contribution < -0.4 is 4.90 Å². The van der Waals surface area contributed by atoms with Gasteiger partial charge in [0.05, 0.1) is 23.2 Å². The molecule has 1 saturated carbocycles. The highest BCUT2D eigenvalue weighted by Crippen LogP contribution is 2.45. The molecule has 5 heterocycles. The van der Waals surface area contributed by atoms with Gasteiger partial charge in [0, 0.05) is 41.8 Å². The van der Waals surface area contributed by atoms with E-state index in [1.54, 1.807) is 18.5 Å². The number of fused-ring (bicyclic) bond motifs is 2. The zero-order valence-corrected chi connectivity index (χ0v) is 18.6. The third-order valence-corrected chi connectivity index (χ3v) is 7.97. The lowest BCUT2D eigenvalue weighted by Gasteiger charge is -2.29. The Hall–Kier alpha value is -3.28. The normalized spacial score (nSPS) is 18.6. The summed E-state index contributed by atoms with van der Waals surface area (Å²) in [5, 5.41) is 1.09. The number of nitrogens with one attached hydrogen (secondary N) is 1. The van der Waals surface area contributed by atoms with Crippen molar-refractivity contribution >= 4 is 37.6 Å². The Morgan fingerprint density at radius 1 is 1.09 bits per heavy atom. The van der Waals surface area contributed by atoms with Gasteiger partial charge in [-0.2, -0.15) is 13.2 Å².